The Morgan fingerprint density at radius 1 is 1.04 bits per heavy atom. The van der Waals surface area contributed by atoms with E-state index in [0.29, 0.717) is 16.7 Å². The van der Waals surface area contributed by atoms with Crippen molar-refractivity contribution in [3.8, 4) is 0 Å². The summed E-state index contributed by atoms with van der Waals surface area (Å²) in [5.74, 6) is -0.368. The maximum Gasteiger partial charge on any atom is 0.159 e. The number of Topliss-reactive ketones (excluding diaryl/α,β-unsaturated/α-hetero) is 1. The number of allylic oxidation sites excluding steroid dienone is 1. The molecule has 2 nitrogen and oxygen atoms in total. The first kappa shape index (κ1) is 18.5. The van der Waals surface area contributed by atoms with E-state index in [9.17, 15) is 9.18 Å². The second kappa shape index (κ2) is 8.18. The zero-order valence-electron chi connectivity index (χ0n) is 14.0. The molecule has 120 valence electrons. The minimum Gasteiger partial charge on any atom is -0.300 e. The molecule has 0 spiro atoms. The number of carbonyl (C=O) groups excluding carboxylic acids is 1. The first-order chi connectivity index (χ1) is 10.7. The zero-order chi connectivity index (χ0) is 17.6. The summed E-state index contributed by atoms with van der Waals surface area (Å²) in [7, 11) is 0. The second-order valence-corrected chi connectivity index (χ2v) is 5.68. The summed E-state index contributed by atoms with van der Waals surface area (Å²) in [6, 6.07) is 11.1. The normalized spacial score (nSPS) is 9.61. The molecule has 0 aliphatic heterocycles. The van der Waals surface area contributed by atoms with Gasteiger partial charge in [0.15, 0.2) is 5.78 Å². The number of ketones is 1. The molecule has 2 aromatic rings. The maximum absolute atomic E-state index is 13.2. The summed E-state index contributed by atoms with van der Waals surface area (Å²) in [6.07, 6.45) is 0. The van der Waals surface area contributed by atoms with E-state index in [0.717, 1.165) is 5.56 Å². The summed E-state index contributed by atoms with van der Waals surface area (Å²) in [6.45, 7) is 10.8. The molecule has 0 saturated heterocycles. The van der Waals surface area contributed by atoms with Gasteiger partial charge in [0.2, 0.25) is 0 Å². The van der Waals surface area contributed by atoms with Crippen molar-refractivity contribution in [2.75, 3.05) is 0 Å². The summed E-state index contributed by atoms with van der Waals surface area (Å²) in [5, 5.41) is 8.13. The van der Waals surface area contributed by atoms with E-state index in [1.165, 1.54) is 24.6 Å². The van der Waals surface area contributed by atoms with Crippen LogP contribution in [-0.2, 0) is 0 Å². The van der Waals surface area contributed by atoms with Gasteiger partial charge in [-0.15, -0.1) is 6.58 Å². The molecule has 0 fully saturated rings. The van der Waals surface area contributed by atoms with Crippen LogP contribution in [0.15, 0.2) is 54.6 Å². The van der Waals surface area contributed by atoms with Crippen molar-refractivity contribution < 1.29 is 9.18 Å². The number of benzene rings is 2. The molecule has 0 saturated carbocycles. The number of hydrogen-bond donors (Lipinski definition) is 1. The molecule has 23 heavy (non-hydrogen) atoms. The third-order valence-electron chi connectivity index (χ3n) is 3.02. The number of rotatable bonds is 3. The molecule has 0 aliphatic rings. The summed E-state index contributed by atoms with van der Waals surface area (Å²) in [4.78, 5) is 11.3. The van der Waals surface area contributed by atoms with Crippen LogP contribution in [0.25, 0.3) is 0 Å². The fourth-order valence-corrected chi connectivity index (χ4v) is 1.96. The molecule has 0 heterocycles. The third-order valence-corrected chi connectivity index (χ3v) is 3.02. The number of halogens is 1. The summed E-state index contributed by atoms with van der Waals surface area (Å²) >= 11 is 0. The Morgan fingerprint density at radius 3 is 2.13 bits per heavy atom. The molecule has 2 rings (SSSR count). The van der Waals surface area contributed by atoms with Gasteiger partial charge in [0.05, 0.1) is 5.71 Å². The van der Waals surface area contributed by atoms with Gasteiger partial charge in [-0.1, -0.05) is 29.8 Å². The Labute approximate surface area is 137 Å². The van der Waals surface area contributed by atoms with Gasteiger partial charge in [0, 0.05) is 16.7 Å². The molecule has 0 unspecified atom stereocenters. The highest BCUT2D eigenvalue weighted by Gasteiger charge is 2.10. The molecule has 0 bridgehead atoms. The number of carbonyl (C=O) groups is 1. The molecule has 3 heteroatoms. The van der Waals surface area contributed by atoms with Crippen molar-refractivity contribution >= 4 is 11.5 Å². The highest BCUT2D eigenvalue weighted by atomic mass is 19.1. The van der Waals surface area contributed by atoms with Crippen LogP contribution < -0.4 is 0 Å². The average molecular weight is 311 g/mol. The van der Waals surface area contributed by atoms with Crippen LogP contribution in [0.1, 0.15) is 47.8 Å². The van der Waals surface area contributed by atoms with E-state index in [1.807, 2.05) is 20.8 Å². The first-order valence-electron chi connectivity index (χ1n) is 7.31. The van der Waals surface area contributed by atoms with E-state index in [-0.39, 0.29) is 17.3 Å². The summed E-state index contributed by atoms with van der Waals surface area (Å²) < 4.78 is 13.2. The van der Waals surface area contributed by atoms with Crippen LogP contribution in [0.2, 0.25) is 0 Å². The highest BCUT2D eigenvalue weighted by Crippen LogP contribution is 2.17. The van der Waals surface area contributed by atoms with Gasteiger partial charge in [0.25, 0.3) is 0 Å². The molecule has 0 aliphatic carbocycles. The number of nitrogens with one attached hydrogen (secondary N) is 1. The first-order valence-corrected chi connectivity index (χ1v) is 7.31. The van der Waals surface area contributed by atoms with Crippen molar-refractivity contribution in [1.29, 1.82) is 5.41 Å². The highest BCUT2D eigenvalue weighted by molar-refractivity contribution is 6.12. The molecule has 2 aromatic carbocycles. The van der Waals surface area contributed by atoms with Crippen LogP contribution in [0, 0.1) is 18.2 Å². The fourth-order valence-electron chi connectivity index (χ4n) is 1.96. The number of aryl methyl sites for hydroxylation is 1. The fraction of sp³-hybridized carbons (Fsp3) is 0.200. The Kier molecular flexibility index (Phi) is 6.58. The topological polar surface area (TPSA) is 40.9 Å². The monoisotopic (exact) mass is 311 g/mol. The largest absolute Gasteiger partial charge is 0.300 e. The Morgan fingerprint density at radius 2 is 1.65 bits per heavy atom. The van der Waals surface area contributed by atoms with Gasteiger partial charge in [0.1, 0.15) is 5.82 Å². The Bertz CT molecular complexity index is 743. The lowest BCUT2D eigenvalue weighted by molar-refractivity contribution is 0.101. The Hall–Kier alpha value is -2.55. The second-order valence-electron chi connectivity index (χ2n) is 5.68. The lowest BCUT2D eigenvalue weighted by atomic mass is 9.96. The van der Waals surface area contributed by atoms with Crippen molar-refractivity contribution in [3.63, 3.8) is 0 Å². The van der Waals surface area contributed by atoms with Crippen molar-refractivity contribution in [1.82, 2.24) is 0 Å². The minimum atomic E-state index is -0.361. The third kappa shape index (κ3) is 5.62. The zero-order valence-corrected chi connectivity index (χ0v) is 14.0. The van der Waals surface area contributed by atoms with E-state index < -0.39 is 0 Å². The van der Waals surface area contributed by atoms with Gasteiger partial charge >= 0.3 is 0 Å². The van der Waals surface area contributed by atoms with Crippen LogP contribution in [0.5, 0.6) is 0 Å². The molecule has 1 N–H and O–H groups in total. The molecule has 0 radical (unpaired) electrons. The van der Waals surface area contributed by atoms with Crippen LogP contribution in [0.3, 0.4) is 0 Å². The van der Waals surface area contributed by atoms with Crippen molar-refractivity contribution in [3.05, 3.63) is 82.7 Å². The lowest BCUT2D eigenvalue weighted by Gasteiger charge is -2.09. The lowest BCUT2D eigenvalue weighted by Crippen LogP contribution is -2.05. The van der Waals surface area contributed by atoms with Crippen molar-refractivity contribution in [2.24, 2.45) is 0 Å². The van der Waals surface area contributed by atoms with Gasteiger partial charge in [-0.25, -0.2) is 4.39 Å². The number of hydrogen-bond acceptors (Lipinski definition) is 2. The quantitative estimate of drug-likeness (QED) is 0.464. The van der Waals surface area contributed by atoms with Gasteiger partial charge in [-0.3, -0.25) is 10.2 Å². The van der Waals surface area contributed by atoms with Gasteiger partial charge < -0.3 is 0 Å². The molecular formula is C20H22FNO. The van der Waals surface area contributed by atoms with Crippen LogP contribution in [-0.4, -0.2) is 11.5 Å². The van der Waals surface area contributed by atoms with E-state index in [2.05, 4.69) is 6.58 Å². The van der Waals surface area contributed by atoms with Gasteiger partial charge in [-0.05, 0) is 51.5 Å². The summed E-state index contributed by atoms with van der Waals surface area (Å²) in [5.41, 5.74) is 4.11. The molecule has 0 amide bonds. The molecule has 0 aromatic heterocycles. The predicted octanol–water partition coefficient (Wildman–Crippen LogP) is 5.34. The minimum absolute atomic E-state index is 0.00747. The van der Waals surface area contributed by atoms with E-state index in [4.69, 9.17) is 5.41 Å². The Balaban J connectivity index is 0.000000593. The molecular weight excluding hydrogens is 289 g/mol. The van der Waals surface area contributed by atoms with E-state index in [1.54, 1.807) is 30.3 Å². The smallest absolute Gasteiger partial charge is 0.159 e. The maximum atomic E-state index is 13.2. The van der Waals surface area contributed by atoms with Crippen LogP contribution >= 0.6 is 0 Å². The average Bonchev–Trinajstić information content (AvgIpc) is 2.45. The van der Waals surface area contributed by atoms with Crippen molar-refractivity contribution in [2.45, 2.75) is 27.7 Å². The van der Waals surface area contributed by atoms with Gasteiger partial charge in [-0.2, -0.15) is 0 Å². The standard InChI is InChI=1S/C16H14FNO.C4H8/c1-10-8-12(11(2)19)6-7-15(10)16(18)13-4-3-5-14(17)9-13;1-4(2)3/h3-9,18H,1-2H3;1H2,2-3H3. The SMILES string of the molecule is C=C(C)C.CC(=O)c1ccc(C(=N)c2cccc(F)c2)c(C)c1. The molecule has 0 atom stereocenters. The van der Waals surface area contributed by atoms with Crippen LogP contribution in [0.4, 0.5) is 4.39 Å². The van der Waals surface area contributed by atoms with E-state index >= 15 is 0 Å². The predicted molar refractivity (Wildman–Crippen MR) is 94.0 cm³/mol.